The highest BCUT2D eigenvalue weighted by atomic mass is 16.5. The summed E-state index contributed by atoms with van der Waals surface area (Å²) < 4.78 is 5.34. The van der Waals surface area contributed by atoms with Gasteiger partial charge in [0.25, 0.3) is 0 Å². The second-order valence-corrected chi connectivity index (χ2v) is 3.61. The molecule has 0 rings (SSSR count). The quantitative estimate of drug-likeness (QED) is 0.571. The Hall–Kier alpha value is -0.120. The highest BCUT2D eigenvalue weighted by Crippen LogP contribution is 1.95. The van der Waals surface area contributed by atoms with E-state index in [4.69, 9.17) is 4.74 Å². The molecule has 0 aliphatic carbocycles. The van der Waals surface area contributed by atoms with Crippen LogP contribution in [-0.4, -0.2) is 50.8 Å². The van der Waals surface area contributed by atoms with Crippen LogP contribution < -0.4 is 5.32 Å². The normalized spacial score (nSPS) is 13.5. The number of hydrogen-bond donors (Lipinski definition) is 1. The lowest BCUT2D eigenvalue weighted by Gasteiger charge is -2.21. The molecule has 1 N–H and O–H groups in total. The van der Waals surface area contributed by atoms with Gasteiger partial charge in [-0.3, -0.25) is 0 Å². The molecule has 0 amide bonds. The molecule has 0 spiro atoms. The van der Waals surface area contributed by atoms with Crippen LogP contribution in [0.4, 0.5) is 0 Å². The largest absolute Gasteiger partial charge is 0.380 e. The molecular weight excluding hydrogens is 176 g/mol. The molecule has 86 valence electrons. The van der Waals surface area contributed by atoms with E-state index >= 15 is 0 Å². The molecule has 0 aliphatic rings. The third-order valence-electron chi connectivity index (χ3n) is 2.57. The van der Waals surface area contributed by atoms with Gasteiger partial charge >= 0.3 is 0 Å². The first-order valence-electron chi connectivity index (χ1n) is 5.71. The second-order valence-electron chi connectivity index (χ2n) is 3.61. The topological polar surface area (TPSA) is 24.5 Å². The van der Waals surface area contributed by atoms with Crippen molar-refractivity contribution in [2.75, 3.05) is 39.9 Å². The summed E-state index contributed by atoms with van der Waals surface area (Å²) in [5.41, 5.74) is 0. The van der Waals surface area contributed by atoms with Crippen molar-refractivity contribution in [3.05, 3.63) is 0 Å². The second kappa shape index (κ2) is 9.44. The van der Waals surface area contributed by atoms with E-state index in [-0.39, 0.29) is 0 Å². The monoisotopic (exact) mass is 202 g/mol. The Morgan fingerprint density at radius 1 is 1.29 bits per heavy atom. The first-order chi connectivity index (χ1) is 6.74. The minimum Gasteiger partial charge on any atom is -0.380 e. The minimum absolute atomic E-state index is 0.608. The maximum Gasteiger partial charge on any atom is 0.0593 e. The third-order valence-corrected chi connectivity index (χ3v) is 2.57. The highest BCUT2D eigenvalue weighted by Gasteiger charge is 2.04. The summed E-state index contributed by atoms with van der Waals surface area (Å²) in [6.07, 6.45) is 1.20. The summed E-state index contributed by atoms with van der Waals surface area (Å²) in [4.78, 5) is 2.43. The molecule has 1 unspecified atom stereocenters. The Labute approximate surface area is 88.8 Å². The lowest BCUT2D eigenvalue weighted by atomic mass is 10.2. The Kier molecular flexibility index (Phi) is 9.35. The number of likely N-dealkylation sites (N-methyl/N-ethyl adjacent to an activating group) is 1. The third kappa shape index (κ3) is 7.30. The predicted octanol–water partition coefficient (Wildman–Crippen LogP) is 1.34. The van der Waals surface area contributed by atoms with Crippen LogP contribution in [0.3, 0.4) is 0 Å². The molecular formula is C11H26N2O. The molecule has 0 radical (unpaired) electrons. The van der Waals surface area contributed by atoms with Crippen molar-refractivity contribution in [2.24, 2.45) is 0 Å². The number of hydrogen-bond acceptors (Lipinski definition) is 3. The van der Waals surface area contributed by atoms with E-state index in [2.05, 4.69) is 24.1 Å². The Morgan fingerprint density at radius 3 is 2.50 bits per heavy atom. The molecule has 0 aromatic rings. The fourth-order valence-electron chi connectivity index (χ4n) is 1.29. The van der Waals surface area contributed by atoms with E-state index in [0.29, 0.717) is 6.04 Å². The number of nitrogens with one attached hydrogen (secondary N) is 1. The molecule has 3 heteroatoms. The van der Waals surface area contributed by atoms with Gasteiger partial charge in [0.2, 0.25) is 0 Å². The van der Waals surface area contributed by atoms with E-state index in [1.54, 1.807) is 0 Å². The molecule has 0 aromatic carbocycles. The average Bonchev–Trinajstić information content (AvgIpc) is 2.22. The van der Waals surface area contributed by atoms with Gasteiger partial charge in [-0.05, 0) is 40.4 Å². The molecule has 14 heavy (non-hydrogen) atoms. The summed E-state index contributed by atoms with van der Waals surface area (Å²) in [6, 6.07) is 0.608. The zero-order chi connectivity index (χ0) is 10.8. The lowest BCUT2D eigenvalue weighted by molar-refractivity contribution is 0.114. The average molecular weight is 202 g/mol. The van der Waals surface area contributed by atoms with E-state index in [1.165, 1.54) is 6.42 Å². The lowest BCUT2D eigenvalue weighted by Crippen LogP contribution is -2.33. The van der Waals surface area contributed by atoms with Crippen LogP contribution >= 0.6 is 0 Å². The van der Waals surface area contributed by atoms with Crippen LogP contribution in [0.5, 0.6) is 0 Å². The maximum absolute atomic E-state index is 5.34. The fourth-order valence-corrected chi connectivity index (χ4v) is 1.29. The van der Waals surface area contributed by atoms with Gasteiger partial charge in [0.15, 0.2) is 0 Å². The highest BCUT2D eigenvalue weighted by molar-refractivity contribution is 4.62. The van der Waals surface area contributed by atoms with Crippen LogP contribution in [-0.2, 0) is 4.74 Å². The van der Waals surface area contributed by atoms with Crippen LogP contribution in [0.2, 0.25) is 0 Å². The molecule has 0 aromatic heterocycles. The maximum atomic E-state index is 5.34. The van der Waals surface area contributed by atoms with Crippen molar-refractivity contribution < 1.29 is 4.74 Å². The zero-order valence-electron chi connectivity index (χ0n) is 10.2. The first kappa shape index (κ1) is 13.9. The standard InChI is InChI=1S/C11H26N2O/c1-5-13(9-10-14-6-2)8-7-11(3)12-4/h11-12H,5-10H2,1-4H3. The van der Waals surface area contributed by atoms with Crippen molar-refractivity contribution in [3.8, 4) is 0 Å². The van der Waals surface area contributed by atoms with Crippen molar-refractivity contribution in [2.45, 2.75) is 33.2 Å². The van der Waals surface area contributed by atoms with Gasteiger partial charge in [-0.2, -0.15) is 0 Å². The Morgan fingerprint density at radius 2 is 2.00 bits per heavy atom. The Bertz CT molecular complexity index is 120. The summed E-state index contributed by atoms with van der Waals surface area (Å²) in [5, 5.41) is 3.25. The summed E-state index contributed by atoms with van der Waals surface area (Å²) in [7, 11) is 2.02. The smallest absolute Gasteiger partial charge is 0.0593 e. The summed E-state index contributed by atoms with van der Waals surface area (Å²) in [5.74, 6) is 0. The van der Waals surface area contributed by atoms with Crippen LogP contribution in [0, 0.1) is 0 Å². The van der Waals surface area contributed by atoms with E-state index < -0.39 is 0 Å². The number of ether oxygens (including phenoxy) is 1. The van der Waals surface area contributed by atoms with Crippen molar-refractivity contribution in [1.82, 2.24) is 10.2 Å². The first-order valence-corrected chi connectivity index (χ1v) is 5.71. The van der Waals surface area contributed by atoms with Gasteiger partial charge in [-0.15, -0.1) is 0 Å². The molecule has 0 aliphatic heterocycles. The molecule has 0 heterocycles. The molecule has 1 atom stereocenters. The molecule has 0 bridgehead atoms. The van der Waals surface area contributed by atoms with Gasteiger partial charge in [0, 0.05) is 19.2 Å². The fraction of sp³-hybridized carbons (Fsp3) is 1.00. The minimum atomic E-state index is 0.608. The van der Waals surface area contributed by atoms with E-state index in [0.717, 1.165) is 32.8 Å². The van der Waals surface area contributed by atoms with E-state index in [9.17, 15) is 0 Å². The molecule has 0 saturated carbocycles. The number of rotatable bonds is 9. The van der Waals surface area contributed by atoms with Crippen molar-refractivity contribution in [1.29, 1.82) is 0 Å². The van der Waals surface area contributed by atoms with Crippen LogP contribution in [0.25, 0.3) is 0 Å². The van der Waals surface area contributed by atoms with Crippen LogP contribution in [0.1, 0.15) is 27.2 Å². The Balaban J connectivity index is 3.47. The van der Waals surface area contributed by atoms with Gasteiger partial charge in [0.1, 0.15) is 0 Å². The summed E-state index contributed by atoms with van der Waals surface area (Å²) >= 11 is 0. The van der Waals surface area contributed by atoms with Gasteiger partial charge in [0.05, 0.1) is 6.61 Å². The SMILES string of the molecule is CCOCCN(CC)CCC(C)NC. The zero-order valence-corrected chi connectivity index (χ0v) is 10.2. The summed E-state index contributed by atoms with van der Waals surface area (Å²) in [6.45, 7) is 11.5. The molecule has 0 fully saturated rings. The number of nitrogens with zero attached hydrogens (tertiary/aromatic N) is 1. The van der Waals surface area contributed by atoms with Gasteiger partial charge in [-0.25, -0.2) is 0 Å². The molecule has 0 saturated heterocycles. The van der Waals surface area contributed by atoms with Crippen molar-refractivity contribution in [3.63, 3.8) is 0 Å². The van der Waals surface area contributed by atoms with E-state index in [1.807, 2.05) is 14.0 Å². The van der Waals surface area contributed by atoms with Crippen LogP contribution in [0.15, 0.2) is 0 Å². The van der Waals surface area contributed by atoms with Gasteiger partial charge < -0.3 is 15.0 Å². The molecule has 3 nitrogen and oxygen atoms in total. The predicted molar refractivity (Wildman–Crippen MR) is 61.7 cm³/mol. The van der Waals surface area contributed by atoms with Gasteiger partial charge in [-0.1, -0.05) is 6.92 Å². The van der Waals surface area contributed by atoms with Crippen molar-refractivity contribution >= 4 is 0 Å².